The largest absolute Gasteiger partial charge is 0.489 e. The Morgan fingerprint density at radius 1 is 1.00 bits per heavy atom. The Morgan fingerprint density at radius 3 is 2.32 bits per heavy atom. The molecule has 2 aliphatic heterocycles. The SMILES string of the molecule is C[C@@H]1Cc2cc(OCc3ccccc3)ccc2[C@@H](c2c(F)cc(NC3CNC3)cc2F)N1CC(F)(F)F. The molecule has 196 valence electrons. The fourth-order valence-electron chi connectivity index (χ4n) is 5.06. The molecular formula is C28H28F5N3O. The molecule has 4 nitrogen and oxygen atoms in total. The molecule has 0 unspecified atom stereocenters. The van der Waals surface area contributed by atoms with E-state index < -0.39 is 36.4 Å². The molecule has 0 bridgehead atoms. The van der Waals surface area contributed by atoms with Crippen molar-refractivity contribution in [3.8, 4) is 5.75 Å². The summed E-state index contributed by atoms with van der Waals surface area (Å²) >= 11 is 0. The molecule has 2 N–H and O–H groups in total. The summed E-state index contributed by atoms with van der Waals surface area (Å²) in [6.45, 7) is 2.04. The summed E-state index contributed by atoms with van der Waals surface area (Å²) in [6, 6.07) is 15.1. The second-order valence-electron chi connectivity index (χ2n) is 9.73. The minimum atomic E-state index is -4.53. The van der Waals surface area contributed by atoms with Crippen LogP contribution in [0.25, 0.3) is 0 Å². The van der Waals surface area contributed by atoms with Gasteiger partial charge in [-0.15, -0.1) is 0 Å². The highest BCUT2D eigenvalue weighted by molar-refractivity contribution is 5.51. The maximum absolute atomic E-state index is 15.5. The van der Waals surface area contributed by atoms with E-state index in [2.05, 4.69) is 10.6 Å². The molecule has 3 aromatic carbocycles. The van der Waals surface area contributed by atoms with E-state index >= 15 is 8.78 Å². The van der Waals surface area contributed by atoms with Gasteiger partial charge in [-0.05, 0) is 54.3 Å². The van der Waals surface area contributed by atoms with Gasteiger partial charge in [0.05, 0.1) is 18.6 Å². The van der Waals surface area contributed by atoms with Crippen LogP contribution in [0.4, 0.5) is 27.6 Å². The average Bonchev–Trinajstić information content (AvgIpc) is 2.81. The number of nitrogens with zero attached hydrogens (tertiary/aromatic N) is 1. The summed E-state index contributed by atoms with van der Waals surface area (Å²) in [5.41, 5.74) is 2.01. The maximum Gasteiger partial charge on any atom is 0.401 e. The zero-order valence-electron chi connectivity index (χ0n) is 20.3. The molecule has 0 aromatic heterocycles. The van der Waals surface area contributed by atoms with Gasteiger partial charge < -0.3 is 15.4 Å². The monoisotopic (exact) mass is 517 g/mol. The third-order valence-corrected chi connectivity index (χ3v) is 6.94. The van der Waals surface area contributed by atoms with Gasteiger partial charge in [-0.25, -0.2) is 8.78 Å². The van der Waals surface area contributed by atoms with E-state index in [4.69, 9.17) is 4.74 Å². The van der Waals surface area contributed by atoms with Crippen LogP contribution in [0.5, 0.6) is 5.75 Å². The molecule has 0 spiro atoms. The lowest BCUT2D eigenvalue weighted by molar-refractivity contribution is -0.155. The van der Waals surface area contributed by atoms with E-state index in [9.17, 15) is 13.2 Å². The number of benzene rings is 3. The second kappa shape index (κ2) is 10.3. The van der Waals surface area contributed by atoms with Crippen LogP contribution in [0.3, 0.4) is 0 Å². The minimum Gasteiger partial charge on any atom is -0.489 e. The lowest BCUT2D eigenvalue weighted by Gasteiger charge is -2.42. The van der Waals surface area contributed by atoms with Crippen molar-refractivity contribution in [1.82, 2.24) is 10.2 Å². The first-order chi connectivity index (χ1) is 17.7. The number of fused-ring (bicyclic) bond motifs is 1. The molecule has 0 amide bonds. The quantitative estimate of drug-likeness (QED) is 0.387. The zero-order chi connectivity index (χ0) is 26.2. The van der Waals surface area contributed by atoms with E-state index in [1.165, 1.54) is 12.1 Å². The molecule has 0 saturated carbocycles. The van der Waals surface area contributed by atoms with Crippen molar-refractivity contribution in [3.63, 3.8) is 0 Å². The summed E-state index contributed by atoms with van der Waals surface area (Å²) in [4.78, 5) is 1.14. The van der Waals surface area contributed by atoms with Crippen LogP contribution in [0, 0.1) is 11.6 Å². The van der Waals surface area contributed by atoms with Crippen LogP contribution in [-0.4, -0.2) is 42.8 Å². The Balaban J connectivity index is 1.50. The predicted octanol–water partition coefficient (Wildman–Crippen LogP) is 5.83. The smallest absolute Gasteiger partial charge is 0.401 e. The van der Waals surface area contributed by atoms with E-state index in [1.807, 2.05) is 30.3 Å². The molecule has 2 heterocycles. The molecule has 0 aliphatic carbocycles. The molecule has 0 radical (unpaired) electrons. The van der Waals surface area contributed by atoms with Crippen LogP contribution < -0.4 is 15.4 Å². The molecule has 1 saturated heterocycles. The normalized spacial score (nSPS) is 20.3. The Morgan fingerprint density at radius 2 is 1.70 bits per heavy atom. The molecule has 2 atom stereocenters. The van der Waals surface area contributed by atoms with Gasteiger partial charge in [0, 0.05) is 30.4 Å². The minimum absolute atomic E-state index is 0.0520. The van der Waals surface area contributed by atoms with Gasteiger partial charge in [0.25, 0.3) is 0 Å². The first-order valence-corrected chi connectivity index (χ1v) is 12.3. The third-order valence-electron chi connectivity index (χ3n) is 6.94. The van der Waals surface area contributed by atoms with Crippen molar-refractivity contribution >= 4 is 5.69 Å². The predicted molar refractivity (Wildman–Crippen MR) is 132 cm³/mol. The Labute approximate surface area is 212 Å². The van der Waals surface area contributed by atoms with E-state index in [1.54, 1.807) is 25.1 Å². The summed E-state index contributed by atoms with van der Waals surface area (Å²) in [7, 11) is 0. The number of halogens is 5. The molecule has 3 aromatic rings. The third kappa shape index (κ3) is 5.72. The van der Waals surface area contributed by atoms with Gasteiger partial charge in [0.15, 0.2) is 0 Å². The van der Waals surface area contributed by atoms with Gasteiger partial charge in [0.1, 0.15) is 24.0 Å². The Kier molecular flexibility index (Phi) is 7.09. The van der Waals surface area contributed by atoms with Crippen LogP contribution in [0.15, 0.2) is 60.7 Å². The van der Waals surface area contributed by atoms with E-state index in [-0.39, 0.29) is 17.3 Å². The van der Waals surface area contributed by atoms with Crippen molar-refractivity contribution < 1.29 is 26.7 Å². The van der Waals surface area contributed by atoms with Crippen LogP contribution in [0.1, 0.15) is 35.2 Å². The maximum atomic E-state index is 15.5. The lowest BCUT2D eigenvalue weighted by atomic mass is 9.84. The number of nitrogens with one attached hydrogen (secondary N) is 2. The number of rotatable bonds is 7. The van der Waals surface area contributed by atoms with Gasteiger partial charge in [-0.3, -0.25) is 4.90 Å². The lowest BCUT2D eigenvalue weighted by Crippen LogP contribution is -2.51. The molecule has 37 heavy (non-hydrogen) atoms. The fraction of sp³-hybridized carbons (Fsp3) is 0.357. The molecular weight excluding hydrogens is 489 g/mol. The first kappa shape index (κ1) is 25.5. The average molecular weight is 518 g/mol. The van der Waals surface area contributed by atoms with Crippen LogP contribution >= 0.6 is 0 Å². The van der Waals surface area contributed by atoms with Crippen molar-refractivity contribution in [2.75, 3.05) is 25.0 Å². The fourth-order valence-corrected chi connectivity index (χ4v) is 5.06. The number of hydrogen-bond acceptors (Lipinski definition) is 4. The standard InChI is InChI=1S/C28H28F5N3O/c1-17-9-19-10-22(37-15-18-5-3-2-4-6-18)7-8-23(19)27(36(17)16-28(31,32)33)26-24(29)11-20(12-25(26)30)35-21-13-34-14-21/h2-8,10-12,17,21,27,34-35H,9,13-16H2,1H3/t17-,27+/m1/s1. The summed E-state index contributed by atoms with van der Waals surface area (Å²) in [6.07, 6.45) is -4.24. The zero-order valence-corrected chi connectivity index (χ0v) is 20.3. The van der Waals surface area contributed by atoms with Crippen molar-refractivity contribution in [2.24, 2.45) is 0 Å². The summed E-state index contributed by atoms with van der Waals surface area (Å²) < 4.78 is 77.6. The van der Waals surface area contributed by atoms with Gasteiger partial charge in [-0.2, -0.15) is 13.2 Å². The van der Waals surface area contributed by atoms with Gasteiger partial charge in [-0.1, -0.05) is 36.4 Å². The molecule has 1 fully saturated rings. The van der Waals surface area contributed by atoms with E-state index in [0.29, 0.717) is 43.0 Å². The second-order valence-corrected chi connectivity index (χ2v) is 9.73. The van der Waals surface area contributed by atoms with Crippen molar-refractivity contribution in [2.45, 2.75) is 44.3 Å². The topological polar surface area (TPSA) is 36.5 Å². The highest BCUT2D eigenvalue weighted by atomic mass is 19.4. The van der Waals surface area contributed by atoms with Gasteiger partial charge in [0.2, 0.25) is 0 Å². The highest BCUT2D eigenvalue weighted by Crippen LogP contribution is 2.43. The van der Waals surface area contributed by atoms with Crippen molar-refractivity contribution in [3.05, 3.63) is 94.6 Å². The first-order valence-electron chi connectivity index (χ1n) is 12.3. The molecule has 9 heteroatoms. The number of anilines is 1. The summed E-state index contributed by atoms with van der Waals surface area (Å²) in [5, 5.41) is 6.12. The van der Waals surface area contributed by atoms with Crippen LogP contribution in [0.2, 0.25) is 0 Å². The van der Waals surface area contributed by atoms with Gasteiger partial charge >= 0.3 is 6.18 Å². The molecule has 2 aliphatic rings. The molecule has 5 rings (SSSR count). The Hall–Kier alpha value is -3.17. The number of ether oxygens (including phenoxy) is 1. The number of hydrogen-bond donors (Lipinski definition) is 2. The highest BCUT2D eigenvalue weighted by Gasteiger charge is 2.42. The van der Waals surface area contributed by atoms with E-state index in [0.717, 1.165) is 10.5 Å². The Bertz CT molecular complexity index is 1220. The van der Waals surface area contributed by atoms with Crippen molar-refractivity contribution in [1.29, 1.82) is 0 Å². The number of alkyl halides is 3. The summed E-state index contributed by atoms with van der Waals surface area (Å²) in [5.74, 6) is -1.21. The van der Waals surface area contributed by atoms with Crippen LogP contribution in [-0.2, 0) is 13.0 Å².